The second kappa shape index (κ2) is 5.21. The molecule has 1 aromatic rings. The Morgan fingerprint density at radius 1 is 1.35 bits per heavy atom. The number of hydrogen-bond donors (Lipinski definition) is 2. The topological polar surface area (TPSA) is 41.1 Å². The van der Waals surface area contributed by atoms with Crippen LogP contribution < -0.4 is 10.6 Å². The van der Waals surface area contributed by atoms with Gasteiger partial charge in [0.15, 0.2) is 0 Å². The van der Waals surface area contributed by atoms with Gasteiger partial charge in [-0.25, -0.2) is 0 Å². The van der Waals surface area contributed by atoms with Crippen LogP contribution in [-0.2, 0) is 4.79 Å². The van der Waals surface area contributed by atoms with Gasteiger partial charge in [0.2, 0.25) is 5.91 Å². The van der Waals surface area contributed by atoms with Gasteiger partial charge in [0, 0.05) is 12.2 Å². The van der Waals surface area contributed by atoms with Gasteiger partial charge in [-0.05, 0) is 56.3 Å². The van der Waals surface area contributed by atoms with Crippen molar-refractivity contribution in [3.8, 4) is 0 Å². The summed E-state index contributed by atoms with van der Waals surface area (Å²) in [5, 5.41) is 6.64. The summed E-state index contributed by atoms with van der Waals surface area (Å²) in [6, 6.07) is 6.24. The molecule has 0 radical (unpaired) electrons. The Morgan fingerprint density at radius 3 is 3.05 bits per heavy atom. The number of benzene rings is 1. The van der Waals surface area contributed by atoms with E-state index in [1.54, 1.807) is 0 Å². The monoisotopic (exact) mass is 272 g/mol. The number of nitrogens with one attached hydrogen (secondary N) is 2. The van der Waals surface area contributed by atoms with E-state index in [-0.39, 0.29) is 11.3 Å². The van der Waals surface area contributed by atoms with E-state index in [1.165, 1.54) is 24.8 Å². The van der Waals surface area contributed by atoms with Crippen LogP contribution in [0, 0.1) is 25.2 Å². The summed E-state index contributed by atoms with van der Waals surface area (Å²) in [5.41, 5.74) is 3.13. The Bertz CT molecular complexity index is 526. The number of hydrogen-bond acceptors (Lipinski definition) is 2. The third kappa shape index (κ3) is 2.24. The molecule has 1 aliphatic heterocycles. The number of rotatable bonds is 2. The Morgan fingerprint density at radius 2 is 2.20 bits per heavy atom. The SMILES string of the molecule is Cc1ccc(C)c(NC(=O)[C@@]23CCCC[C@H]2CNC3)c1. The number of anilines is 1. The molecule has 20 heavy (non-hydrogen) atoms. The van der Waals surface area contributed by atoms with Crippen molar-refractivity contribution < 1.29 is 4.79 Å². The Balaban J connectivity index is 1.83. The first-order valence-corrected chi connectivity index (χ1v) is 7.71. The van der Waals surface area contributed by atoms with Crippen LogP contribution in [0.15, 0.2) is 18.2 Å². The van der Waals surface area contributed by atoms with E-state index >= 15 is 0 Å². The minimum absolute atomic E-state index is 0.172. The summed E-state index contributed by atoms with van der Waals surface area (Å²) >= 11 is 0. The molecule has 3 nitrogen and oxygen atoms in total. The summed E-state index contributed by atoms with van der Waals surface area (Å²) < 4.78 is 0. The molecule has 2 N–H and O–H groups in total. The van der Waals surface area contributed by atoms with E-state index in [2.05, 4.69) is 42.7 Å². The highest BCUT2D eigenvalue weighted by Crippen LogP contribution is 2.44. The molecule has 1 amide bonds. The minimum atomic E-state index is -0.172. The molecule has 0 spiro atoms. The molecule has 0 aromatic heterocycles. The van der Waals surface area contributed by atoms with Crippen LogP contribution >= 0.6 is 0 Å². The lowest BCUT2D eigenvalue weighted by molar-refractivity contribution is -0.128. The molecule has 1 heterocycles. The van der Waals surface area contributed by atoms with Gasteiger partial charge in [0.05, 0.1) is 5.41 Å². The first kappa shape index (κ1) is 13.6. The molecular weight excluding hydrogens is 248 g/mol. The van der Waals surface area contributed by atoms with E-state index in [1.807, 2.05) is 0 Å². The second-order valence-corrected chi connectivity index (χ2v) is 6.50. The molecule has 2 atom stereocenters. The van der Waals surface area contributed by atoms with E-state index < -0.39 is 0 Å². The summed E-state index contributed by atoms with van der Waals surface area (Å²) in [6.07, 6.45) is 4.66. The number of carbonyl (C=O) groups excluding carboxylic acids is 1. The van der Waals surface area contributed by atoms with Gasteiger partial charge < -0.3 is 10.6 Å². The average Bonchev–Trinajstić information content (AvgIpc) is 2.88. The lowest BCUT2D eigenvalue weighted by atomic mass is 9.67. The summed E-state index contributed by atoms with van der Waals surface area (Å²) in [5.74, 6) is 0.738. The van der Waals surface area contributed by atoms with Gasteiger partial charge >= 0.3 is 0 Å². The van der Waals surface area contributed by atoms with Crippen molar-refractivity contribution in [2.45, 2.75) is 39.5 Å². The fraction of sp³-hybridized carbons (Fsp3) is 0.588. The smallest absolute Gasteiger partial charge is 0.232 e. The Kier molecular flexibility index (Phi) is 3.55. The van der Waals surface area contributed by atoms with Gasteiger partial charge in [-0.1, -0.05) is 25.0 Å². The van der Waals surface area contributed by atoms with Crippen LogP contribution in [-0.4, -0.2) is 19.0 Å². The third-order valence-corrected chi connectivity index (χ3v) is 5.13. The normalized spacial score (nSPS) is 29.0. The largest absolute Gasteiger partial charge is 0.325 e. The van der Waals surface area contributed by atoms with Gasteiger partial charge in [-0.3, -0.25) is 4.79 Å². The first-order chi connectivity index (χ1) is 9.62. The van der Waals surface area contributed by atoms with Crippen molar-refractivity contribution in [2.75, 3.05) is 18.4 Å². The molecule has 1 aliphatic carbocycles. The molecule has 1 saturated heterocycles. The second-order valence-electron chi connectivity index (χ2n) is 6.50. The van der Waals surface area contributed by atoms with E-state index in [9.17, 15) is 4.79 Å². The fourth-order valence-electron chi connectivity index (χ4n) is 3.81. The average molecular weight is 272 g/mol. The maximum atomic E-state index is 12.9. The highest BCUT2D eigenvalue weighted by molar-refractivity contribution is 5.96. The molecule has 0 bridgehead atoms. The summed E-state index contributed by atoms with van der Waals surface area (Å²) in [4.78, 5) is 12.9. The van der Waals surface area contributed by atoms with E-state index in [0.717, 1.165) is 30.8 Å². The molecule has 1 saturated carbocycles. The Hall–Kier alpha value is -1.35. The van der Waals surface area contributed by atoms with Crippen molar-refractivity contribution in [3.63, 3.8) is 0 Å². The number of amides is 1. The van der Waals surface area contributed by atoms with Crippen LogP contribution in [0.2, 0.25) is 0 Å². The Labute approximate surface area is 121 Å². The third-order valence-electron chi connectivity index (χ3n) is 5.13. The van der Waals surface area contributed by atoms with Gasteiger partial charge in [-0.2, -0.15) is 0 Å². The highest BCUT2D eigenvalue weighted by Gasteiger charge is 2.49. The van der Waals surface area contributed by atoms with Crippen LogP contribution in [0.5, 0.6) is 0 Å². The van der Waals surface area contributed by atoms with Crippen molar-refractivity contribution in [1.29, 1.82) is 0 Å². The first-order valence-electron chi connectivity index (χ1n) is 7.71. The minimum Gasteiger partial charge on any atom is -0.325 e. The molecule has 3 heteroatoms. The lowest BCUT2D eigenvalue weighted by Crippen LogP contribution is -2.44. The zero-order chi connectivity index (χ0) is 14.2. The van der Waals surface area contributed by atoms with Crippen LogP contribution in [0.1, 0.15) is 36.8 Å². The predicted molar refractivity (Wildman–Crippen MR) is 81.8 cm³/mol. The zero-order valence-corrected chi connectivity index (χ0v) is 12.5. The molecule has 3 rings (SSSR count). The van der Waals surface area contributed by atoms with Crippen molar-refractivity contribution in [2.24, 2.45) is 11.3 Å². The van der Waals surface area contributed by atoms with Gasteiger partial charge in [0.1, 0.15) is 0 Å². The van der Waals surface area contributed by atoms with E-state index in [4.69, 9.17) is 0 Å². The number of aryl methyl sites for hydroxylation is 2. The molecule has 1 aromatic carbocycles. The molecule has 108 valence electrons. The zero-order valence-electron chi connectivity index (χ0n) is 12.5. The fourth-order valence-corrected chi connectivity index (χ4v) is 3.81. The number of fused-ring (bicyclic) bond motifs is 1. The van der Waals surface area contributed by atoms with Gasteiger partial charge in [-0.15, -0.1) is 0 Å². The summed E-state index contributed by atoms with van der Waals surface area (Å²) in [6.45, 7) is 5.96. The number of carbonyl (C=O) groups is 1. The highest BCUT2D eigenvalue weighted by atomic mass is 16.2. The van der Waals surface area contributed by atoms with Crippen molar-refractivity contribution in [3.05, 3.63) is 29.3 Å². The van der Waals surface area contributed by atoms with Crippen molar-refractivity contribution >= 4 is 11.6 Å². The predicted octanol–water partition coefficient (Wildman–Crippen LogP) is 3.02. The van der Waals surface area contributed by atoms with Gasteiger partial charge in [0.25, 0.3) is 0 Å². The molecule has 2 aliphatic rings. The molecular formula is C17H24N2O. The standard InChI is InChI=1S/C17H24N2O/c1-12-6-7-13(2)15(9-12)19-16(20)17-8-4-3-5-14(17)10-18-11-17/h6-7,9,14,18H,3-5,8,10-11H2,1-2H3,(H,19,20)/t14-,17+/m0/s1. The molecule has 2 fully saturated rings. The lowest BCUT2D eigenvalue weighted by Gasteiger charge is -2.37. The quantitative estimate of drug-likeness (QED) is 0.869. The molecule has 0 unspecified atom stereocenters. The summed E-state index contributed by atoms with van der Waals surface area (Å²) in [7, 11) is 0. The van der Waals surface area contributed by atoms with Crippen LogP contribution in [0.3, 0.4) is 0 Å². The maximum absolute atomic E-state index is 12.9. The maximum Gasteiger partial charge on any atom is 0.232 e. The van der Waals surface area contributed by atoms with Crippen LogP contribution in [0.4, 0.5) is 5.69 Å². The van der Waals surface area contributed by atoms with Crippen molar-refractivity contribution in [1.82, 2.24) is 5.32 Å². The van der Waals surface area contributed by atoms with Crippen LogP contribution in [0.25, 0.3) is 0 Å². The van der Waals surface area contributed by atoms with E-state index in [0.29, 0.717) is 5.92 Å².